The molecule has 0 unspecified atom stereocenters. The predicted octanol–water partition coefficient (Wildman–Crippen LogP) is 4.49. The van der Waals surface area contributed by atoms with E-state index in [-0.39, 0.29) is 34.8 Å². The number of nitrogens with zero attached hydrogens (tertiary/aromatic N) is 1. The lowest BCUT2D eigenvalue weighted by Crippen LogP contribution is -2.75. The number of nitrogens with one attached hydrogen (secondary N) is 1. The minimum Gasteiger partial charge on any atom is -0.482 e. The van der Waals surface area contributed by atoms with Crippen molar-refractivity contribution in [3.63, 3.8) is 0 Å². The van der Waals surface area contributed by atoms with Gasteiger partial charge in [0, 0.05) is 34.5 Å². The maximum atomic E-state index is 13.0. The van der Waals surface area contributed by atoms with Crippen LogP contribution in [-0.2, 0) is 4.79 Å². The van der Waals surface area contributed by atoms with Crippen LogP contribution in [0.15, 0.2) is 59.1 Å². The Balaban J connectivity index is 1.04. The highest BCUT2D eigenvalue weighted by Crippen LogP contribution is 2.69. The van der Waals surface area contributed by atoms with E-state index in [9.17, 15) is 14.7 Å². The third-order valence-corrected chi connectivity index (χ3v) is 7.45. The van der Waals surface area contributed by atoms with Crippen molar-refractivity contribution in [1.82, 2.24) is 10.3 Å². The number of fused-ring (bicyclic) bond motifs is 1. The van der Waals surface area contributed by atoms with Gasteiger partial charge in [-0.15, -0.1) is 0 Å². The first kappa shape index (κ1) is 21.4. The van der Waals surface area contributed by atoms with Crippen LogP contribution in [-0.4, -0.2) is 33.4 Å². The molecule has 1 aromatic heterocycles. The van der Waals surface area contributed by atoms with E-state index >= 15 is 0 Å². The van der Waals surface area contributed by atoms with Crippen molar-refractivity contribution in [3.05, 3.63) is 71.1 Å². The van der Waals surface area contributed by atoms with Gasteiger partial charge in [-0.3, -0.25) is 9.59 Å². The number of aliphatic hydroxyl groups is 1. The van der Waals surface area contributed by atoms with Gasteiger partial charge in [0.05, 0.1) is 12.3 Å². The standard InChI is InChI=1S/C26H23ClN2O5/c27-16-6-7-20-17(8-16)18(30)9-21(33-20)19(31)10-25-12-26(13-25,14-25)29-23(32)22-11-28-24(34-22)15-4-2-1-3-5-15/h1-8,11,18,21,30H,9-10,12-14H2,(H,29,32)/t18-,21-,25?,26?/m1/s1. The van der Waals surface area contributed by atoms with E-state index in [1.807, 2.05) is 30.3 Å². The van der Waals surface area contributed by atoms with E-state index < -0.39 is 12.2 Å². The Bertz CT molecular complexity index is 1270. The van der Waals surface area contributed by atoms with Gasteiger partial charge < -0.3 is 19.6 Å². The van der Waals surface area contributed by atoms with Crippen molar-refractivity contribution in [3.8, 4) is 17.2 Å². The topological polar surface area (TPSA) is 102 Å². The second kappa shape index (κ2) is 7.68. The van der Waals surface area contributed by atoms with Crippen LogP contribution in [0.2, 0.25) is 5.02 Å². The fraction of sp³-hybridized carbons (Fsp3) is 0.346. The molecule has 0 radical (unpaired) electrons. The molecular weight excluding hydrogens is 456 g/mol. The number of ether oxygens (including phenoxy) is 1. The van der Waals surface area contributed by atoms with Crippen molar-refractivity contribution in [2.24, 2.45) is 5.41 Å². The van der Waals surface area contributed by atoms with Crippen molar-refractivity contribution >= 4 is 23.3 Å². The van der Waals surface area contributed by atoms with Gasteiger partial charge in [0.1, 0.15) is 5.75 Å². The van der Waals surface area contributed by atoms with Crippen molar-refractivity contribution in [1.29, 1.82) is 0 Å². The van der Waals surface area contributed by atoms with Crippen LogP contribution in [0, 0.1) is 5.41 Å². The lowest BCUT2D eigenvalue weighted by molar-refractivity contribution is -0.166. The third kappa shape index (κ3) is 3.60. The van der Waals surface area contributed by atoms with Gasteiger partial charge in [-0.05, 0) is 55.0 Å². The molecule has 1 aliphatic heterocycles. The summed E-state index contributed by atoms with van der Waals surface area (Å²) in [4.78, 5) is 29.9. The molecule has 0 saturated heterocycles. The van der Waals surface area contributed by atoms with Crippen molar-refractivity contribution < 1.29 is 23.8 Å². The molecule has 1 amide bonds. The molecule has 3 saturated carbocycles. The molecule has 174 valence electrons. The summed E-state index contributed by atoms with van der Waals surface area (Å²) in [6.45, 7) is 0. The number of hydrogen-bond donors (Lipinski definition) is 2. The fourth-order valence-electron chi connectivity index (χ4n) is 5.81. The van der Waals surface area contributed by atoms with Gasteiger partial charge in [-0.2, -0.15) is 0 Å². The molecule has 2 N–H and O–H groups in total. The summed E-state index contributed by atoms with van der Waals surface area (Å²) in [5.74, 6) is 0.788. The Hall–Kier alpha value is -3.16. The normalized spacial score (nSPS) is 28.6. The number of benzene rings is 2. The highest BCUT2D eigenvalue weighted by atomic mass is 35.5. The second-order valence-corrected chi connectivity index (χ2v) is 10.3. The molecule has 7 rings (SSSR count). The number of carbonyl (C=O) groups is 2. The number of rotatable bonds is 6. The average molecular weight is 479 g/mol. The number of oxazole rings is 1. The lowest BCUT2D eigenvalue weighted by Gasteiger charge is -2.70. The van der Waals surface area contributed by atoms with Crippen LogP contribution in [0.3, 0.4) is 0 Å². The molecule has 8 heteroatoms. The Morgan fingerprint density at radius 3 is 2.68 bits per heavy atom. The van der Waals surface area contributed by atoms with Crippen LogP contribution in [0.1, 0.15) is 54.3 Å². The summed E-state index contributed by atoms with van der Waals surface area (Å²) in [5.41, 5.74) is 1.04. The Morgan fingerprint density at radius 1 is 1.15 bits per heavy atom. The number of carbonyl (C=O) groups excluding carboxylic acids is 2. The van der Waals surface area contributed by atoms with E-state index in [1.54, 1.807) is 18.2 Å². The molecule has 7 nitrogen and oxygen atoms in total. The number of aliphatic hydroxyl groups excluding tert-OH is 1. The summed E-state index contributed by atoms with van der Waals surface area (Å²) < 4.78 is 11.5. The first-order valence-electron chi connectivity index (χ1n) is 11.3. The third-order valence-electron chi connectivity index (χ3n) is 7.21. The van der Waals surface area contributed by atoms with Gasteiger partial charge in [0.2, 0.25) is 11.7 Å². The highest BCUT2D eigenvalue weighted by molar-refractivity contribution is 6.30. The molecule has 3 aromatic rings. The minimum absolute atomic E-state index is 0.0120. The van der Waals surface area contributed by atoms with E-state index in [0.29, 0.717) is 28.6 Å². The van der Waals surface area contributed by atoms with Gasteiger partial charge in [-0.25, -0.2) is 4.98 Å². The minimum atomic E-state index is -0.780. The molecule has 2 heterocycles. The largest absolute Gasteiger partial charge is 0.482 e. The van der Waals surface area contributed by atoms with Crippen molar-refractivity contribution in [2.45, 2.75) is 49.9 Å². The van der Waals surface area contributed by atoms with E-state index in [4.69, 9.17) is 20.8 Å². The zero-order valence-corrected chi connectivity index (χ0v) is 19.0. The maximum Gasteiger partial charge on any atom is 0.289 e. The van der Waals surface area contributed by atoms with Gasteiger partial charge in [0.25, 0.3) is 5.91 Å². The summed E-state index contributed by atoms with van der Waals surface area (Å²) in [7, 11) is 0. The molecule has 2 atom stereocenters. The molecule has 2 aromatic carbocycles. The van der Waals surface area contributed by atoms with Crippen LogP contribution in [0.5, 0.6) is 5.75 Å². The summed E-state index contributed by atoms with van der Waals surface area (Å²) in [6, 6.07) is 14.5. The average Bonchev–Trinajstić information content (AvgIpc) is 3.28. The Labute approximate surface area is 201 Å². The number of ketones is 1. The van der Waals surface area contributed by atoms with Crippen LogP contribution < -0.4 is 10.1 Å². The predicted molar refractivity (Wildman–Crippen MR) is 123 cm³/mol. The quantitative estimate of drug-likeness (QED) is 0.541. The number of amides is 1. The van der Waals surface area contributed by atoms with Crippen LogP contribution in [0.25, 0.3) is 11.5 Å². The summed E-state index contributed by atoms with van der Waals surface area (Å²) in [5, 5.41) is 14.1. The Morgan fingerprint density at radius 2 is 1.91 bits per heavy atom. The zero-order chi connectivity index (χ0) is 23.5. The van der Waals surface area contributed by atoms with Crippen LogP contribution >= 0.6 is 11.6 Å². The summed E-state index contributed by atoms with van der Waals surface area (Å²) in [6.07, 6.45) is 2.84. The van der Waals surface area contributed by atoms with E-state index in [2.05, 4.69) is 10.3 Å². The molecule has 4 aliphatic rings. The Kier molecular flexibility index (Phi) is 4.83. The first-order valence-corrected chi connectivity index (χ1v) is 11.7. The van der Waals surface area contributed by atoms with Gasteiger partial charge >= 0.3 is 0 Å². The van der Waals surface area contributed by atoms with Crippen LogP contribution in [0.4, 0.5) is 0 Å². The van der Waals surface area contributed by atoms with Gasteiger partial charge in [-0.1, -0.05) is 29.8 Å². The smallest absolute Gasteiger partial charge is 0.289 e. The molecule has 3 fully saturated rings. The van der Waals surface area contributed by atoms with Gasteiger partial charge in [0.15, 0.2) is 11.9 Å². The zero-order valence-electron chi connectivity index (χ0n) is 18.3. The monoisotopic (exact) mass is 478 g/mol. The van der Waals surface area contributed by atoms with E-state index in [1.165, 1.54) is 6.20 Å². The molecule has 3 aliphatic carbocycles. The number of Topliss-reactive ketones (excluding diaryl/α,β-unsaturated/α-hetero) is 1. The number of hydrogen-bond acceptors (Lipinski definition) is 6. The van der Waals surface area contributed by atoms with Crippen molar-refractivity contribution in [2.75, 3.05) is 0 Å². The lowest BCUT2D eigenvalue weighted by atomic mass is 9.38. The first-order chi connectivity index (χ1) is 16.3. The number of aromatic nitrogens is 1. The highest BCUT2D eigenvalue weighted by Gasteiger charge is 2.69. The second-order valence-electron chi connectivity index (χ2n) is 9.84. The SMILES string of the molecule is O=C(NC12CC(CC(=O)[C@H]3C[C@@H](O)c4cc(Cl)ccc4O3)(C1)C2)c1cnc(-c2ccccc2)o1. The maximum absolute atomic E-state index is 13.0. The molecule has 2 bridgehead atoms. The fourth-order valence-corrected chi connectivity index (χ4v) is 5.99. The molecule has 34 heavy (non-hydrogen) atoms. The molecule has 0 spiro atoms. The number of halogens is 1. The van der Waals surface area contributed by atoms with E-state index in [0.717, 1.165) is 24.8 Å². The summed E-state index contributed by atoms with van der Waals surface area (Å²) >= 11 is 6.00. The molecular formula is C26H23ClN2O5.